The van der Waals surface area contributed by atoms with E-state index in [1.807, 2.05) is 0 Å². The van der Waals surface area contributed by atoms with Gasteiger partial charge in [-0.1, -0.05) is 0 Å². The molecule has 3 rings (SSSR count). The molecule has 3 aliphatic heterocycles. The summed E-state index contributed by atoms with van der Waals surface area (Å²) >= 11 is 2.09. The standard InChI is InChI=1S/C12H19NOS/c1-12(2,3)13-6-7-8-4-5-9(15-8)10(7)11(13)14/h7-10H,4-6H2,1-3H3. The van der Waals surface area contributed by atoms with Crippen LogP contribution in [0.5, 0.6) is 0 Å². The number of carbonyl (C=O) groups is 1. The largest absolute Gasteiger partial charge is 0.337 e. The number of hydrogen-bond acceptors (Lipinski definition) is 2. The summed E-state index contributed by atoms with van der Waals surface area (Å²) in [7, 11) is 0. The molecule has 0 aromatic carbocycles. The average molecular weight is 225 g/mol. The highest BCUT2D eigenvalue weighted by Crippen LogP contribution is 2.56. The van der Waals surface area contributed by atoms with Crippen LogP contribution < -0.4 is 0 Å². The second-order valence-corrected chi connectivity index (χ2v) is 7.58. The molecule has 4 atom stereocenters. The summed E-state index contributed by atoms with van der Waals surface area (Å²) in [5.41, 5.74) is 0.0194. The van der Waals surface area contributed by atoms with Gasteiger partial charge in [0.15, 0.2) is 0 Å². The number of carbonyl (C=O) groups excluding carboxylic acids is 1. The van der Waals surface area contributed by atoms with Crippen molar-refractivity contribution >= 4 is 17.7 Å². The minimum atomic E-state index is 0.0194. The van der Waals surface area contributed by atoms with Crippen LogP contribution in [0.3, 0.4) is 0 Å². The molecule has 3 heterocycles. The molecule has 3 aliphatic rings. The number of rotatable bonds is 0. The van der Waals surface area contributed by atoms with Crippen LogP contribution in [0.25, 0.3) is 0 Å². The van der Waals surface area contributed by atoms with Crippen molar-refractivity contribution in [1.29, 1.82) is 0 Å². The molecule has 3 heteroatoms. The van der Waals surface area contributed by atoms with Gasteiger partial charge in [-0.15, -0.1) is 0 Å². The van der Waals surface area contributed by atoms with E-state index in [-0.39, 0.29) is 5.54 Å². The fraction of sp³-hybridized carbons (Fsp3) is 0.917. The van der Waals surface area contributed by atoms with Gasteiger partial charge in [0.25, 0.3) is 0 Å². The SMILES string of the molecule is CC(C)(C)N1CC2C3CCC(S3)C2C1=O. The minimum Gasteiger partial charge on any atom is -0.337 e. The van der Waals surface area contributed by atoms with E-state index < -0.39 is 0 Å². The van der Waals surface area contributed by atoms with Crippen LogP contribution in [-0.4, -0.2) is 33.4 Å². The van der Waals surface area contributed by atoms with E-state index in [0.717, 1.165) is 11.8 Å². The molecule has 15 heavy (non-hydrogen) atoms. The zero-order valence-corrected chi connectivity index (χ0v) is 10.5. The van der Waals surface area contributed by atoms with Crippen molar-refractivity contribution in [2.24, 2.45) is 11.8 Å². The van der Waals surface area contributed by atoms with Crippen molar-refractivity contribution < 1.29 is 4.79 Å². The van der Waals surface area contributed by atoms with Crippen LogP contribution in [0.2, 0.25) is 0 Å². The van der Waals surface area contributed by atoms with Crippen molar-refractivity contribution in [1.82, 2.24) is 4.90 Å². The van der Waals surface area contributed by atoms with Gasteiger partial charge < -0.3 is 4.90 Å². The van der Waals surface area contributed by atoms with Gasteiger partial charge in [0.2, 0.25) is 5.91 Å². The molecule has 4 unspecified atom stereocenters. The van der Waals surface area contributed by atoms with Crippen LogP contribution in [0.4, 0.5) is 0 Å². The zero-order valence-electron chi connectivity index (χ0n) is 9.69. The third-order valence-electron chi connectivity index (χ3n) is 4.18. The molecule has 1 amide bonds. The fourth-order valence-electron chi connectivity index (χ4n) is 3.43. The first-order chi connectivity index (χ1) is 6.98. The summed E-state index contributed by atoms with van der Waals surface area (Å²) in [4.78, 5) is 14.5. The third-order valence-corrected chi connectivity index (χ3v) is 5.99. The van der Waals surface area contributed by atoms with Crippen LogP contribution in [0, 0.1) is 11.8 Å². The number of hydrogen-bond donors (Lipinski definition) is 0. The number of likely N-dealkylation sites (tertiary alicyclic amines) is 1. The van der Waals surface area contributed by atoms with Crippen LogP contribution in [0.15, 0.2) is 0 Å². The molecule has 2 nitrogen and oxygen atoms in total. The molecule has 0 N–H and O–H groups in total. The van der Waals surface area contributed by atoms with Gasteiger partial charge in [0.05, 0.1) is 5.92 Å². The number of thioether (sulfide) groups is 1. The van der Waals surface area contributed by atoms with E-state index in [4.69, 9.17) is 0 Å². The monoisotopic (exact) mass is 225 g/mol. The van der Waals surface area contributed by atoms with Crippen LogP contribution in [0.1, 0.15) is 33.6 Å². The minimum absolute atomic E-state index is 0.0194. The first-order valence-electron chi connectivity index (χ1n) is 5.95. The maximum absolute atomic E-state index is 12.3. The summed E-state index contributed by atoms with van der Waals surface area (Å²) in [6.07, 6.45) is 2.63. The predicted molar refractivity (Wildman–Crippen MR) is 62.8 cm³/mol. The smallest absolute Gasteiger partial charge is 0.227 e. The van der Waals surface area contributed by atoms with Crippen LogP contribution >= 0.6 is 11.8 Å². The molecule has 3 fully saturated rings. The zero-order chi connectivity index (χ0) is 10.8. The lowest BCUT2D eigenvalue weighted by Gasteiger charge is -2.33. The van der Waals surface area contributed by atoms with Gasteiger partial charge >= 0.3 is 0 Å². The Balaban J connectivity index is 1.88. The Labute approximate surface area is 95.8 Å². The summed E-state index contributed by atoms with van der Waals surface area (Å²) in [6.45, 7) is 7.48. The van der Waals surface area contributed by atoms with Crippen molar-refractivity contribution in [3.8, 4) is 0 Å². The third kappa shape index (κ3) is 1.28. The molecule has 0 aliphatic carbocycles. The second-order valence-electron chi connectivity index (χ2n) is 6.10. The normalized spacial score (nSPS) is 43.9. The molecule has 3 saturated heterocycles. The van der Waals surface area contributed by atoms with Gasteiger partial charge in [-0.25, -0.2) is 0 Å². The Morgan fingerprint density at radius 3 is 2.53 bits per heavy atom. The molecule has 0 aromatic rings. The van der Waals surface area contributed by atoms with Gasteiger partial charge in [0.1, 0.15) is 0 Å². The van der Waals surface area contributed by atoms with Crippen molar-refractivity contribution in [3.63, 3.8) is 0 Å². The first kappa shape index (κ1) is 10.0. The Hall–Kier alpha value is -0.180. The highest BCUT2D eigenvalue weighted by atomic mass is 32.2. The molecule has 0 spiro atoms. The molecular formula is C12H19NOS. The fourth-order valence-corrected chi connectivity index (χ4v) is 5.37. The quantitative estimate of drug-likeness (QED) is 0.629. The maximum Gasteiger partial charge on any atom is 0.227 e. The maximum atomic E-state index is 12.3. The van der Waals surface area contributed by atoms with Crippen molar-refractivity contribution in [2.75, 3.05) is 6.54 Å². The average Bonchev–Trinajstić information content (AvgIpc) is 2.73. The molecule has 0 aromatic heterocycles. The van der Waals surface area contributed by atoms with Gasteiger partial charge in [-0.05, 0) is 33.6 Å². The van der Waals surface area contributed by atoms with Gasteiger partial charge in [0, 0.05) is 28.5 Å². The van der Waals surface area contributed by atoms with Crippen LogP contribution in [-0.2, 0) is 4.79 Å². The van der Waals surface area contributed by atoms with Crippen molar-refractivity contribution in [2.45, 2.75) is 49.7 Å². The Bertz CT molecular complexity index is 305. The number of amides is 1. The van der Waals surface area contributed by atoms with E-state index >= 15 is 0 Å². The Morgan fingerprint density at radius 2 is 1.93 bits per heavy atom. The second kappa shape index (κ2) is 2.93. The predicted octanol–water partition coefficient (Wildman–Crippen LogP) is 2.14. The summed E-state index contributed by atoms with van der Waals surface area (Å²) in [6, 6.07) is 0. The first-order valence-corrected chi connectivity index (χ1v) is 6.90. The molecular weight excluding hydrogens is 206 g/mol. The molecule has 0 saturated carbocycles. The lowest BCUT2D eigenvalue weighted by Crippen LogP contribution is -2.44. The lowest BCUT2D eigenvalue weighted by molar-refractivity contribution is -0.135. The van der Waals surface area contributed by atoms with Crippen molar-refractivity contribution in [3.05, 3.63) is 0 Å². The summed E-state index contributed by atoms with van der Waals surface area (Å²) < 4.78 is 0. The molecule has 2 bridgehead atoms. The molecule has 0 radical (unpaired) electrons. The summed E-state index contributed by atoms with van der Waals surface area (Å²) in [5, 5.41) is 1.44. The lowest BCUT2D eigenvalue weighted by atomic mass is 9.81. The summed E-state index contributed by atoms with van der Waals surface area (Å²) in [5.74, 6) is 1.47. The molecule has 84 valence electrons. The van der Waals surface area contributed by atoms with Gasteiger partial charge in [-0.3, -0.25) is 4.79 Å². The van der Waals surface area contributed by atoms with E-state index in [2.05, 4.69) is 37.4 Å². The number of nitrogens with zero attached hydrogens (tertiary/aromatic N) is 1. The van der Waals surface area contributed by atoms with E-state index in [9.17, 15) is 4.79 Å². The highest BCUT2D eigenvalue weighted by molar-refractivity contribution is 8.01. The van der Waals surface area contributed by atoms with Gasteiger partial charge in [-0.2, -0.15) is 11.8 Å². The highest BCUT2D eigenvalue weighted by Gasteiger charge is 2.58. The van der Waals surface area contributed by atoms with E-state index in [1.54, 1.807) is 0 Å². The Kier molecular flexibility index (Phi) is 1.96. The van der Waals surface area contributed by atoms with E-state index in [1.165, 1.54) is 12.8 Å². The topological polar surface area (TPSA) is 20.3 Å². The Morgan fingerprint density at radius 1 is 1.27 bits per heavy atom. The number of fused-ring (bicyclic) bond motifs is 5. The van der Waals surface area contributed by atoms with E-state index in [0.29, 0.717) is 23.0 Å².